The Balaban J connectivity index is 2.12. The number of aromatic hydroxyl groups is 1. The van der Waals surface area contributed by atoms with Crippen LogP contribution in [0.4, 0.5) is 0 Å². The molecule has 0 radical (unpaired) electrons. The van der Waals surface area contributed by atoms with Crippen molar-refractivity contribution in [3.05, 3.63) is 56.5 Å². The molecule has 2 N–H and O–H groups in total. The molecule has 0 fully saturated rings. The van der Waals surface area contributed by atoms with Crippen molar-refractivity contribution in [2.24, 2.45) is 5.10 Å². The number of phenols is 1. The second-order valence-electron chi connectivity index (χ2n) is 4.23. The Labute approximate surface area is 144 Å². The Bertz CT molecular complexity index is 733. The molecule has 7 heteroatoms. The summed E-state index contributed by atoms with van der Waals surface area (Å²) in [5, 5.41) is 13.6. The van der Waals surface area contributed by atoms with Crippen LogP contribution in [0.3, 0.4) is 0 Å². The van der Waals surface area contributed by atoms with Crippen molar-refractivity contribution >= 4 is 44.0 Å². The van der Waals surface area contributed by atoms with Gasteiger partial charge in [0.1, 0.15) is 0 Å². The molecule has 0 aliphatic rings. The smallest absolute Gasteiger partial charge is 0.272 e. The number of benzene rings is 2. The highest BCUT2D eigenvalue weighted by Gasteiger charge is 2.09. The maximum atomic E-state index is 12.0. The predicted octanol–water partition coefficient (Wildman–Crippen LogP) is 3.69. The summed E-state index contributed by atoms with van der Waals surface area (Å²) in [6, 6.07) is 10.3. The SMILES string of the molecule is COc1cc(/C=N/NC(=O)c2ccccc2Br)cc(Br)c1O. The Kier molecular flexibility index (Phi) is 5.57. The number of hydrogen-bond donors (Lipinski definition) is 2. The highest BCUT2D eigenvalue weighted by molar-refractivity contribution is 9.10. The Morgan fingerprint density at radius 1 is 1.27 bits per heavy atom. The van der Waals surface area contributed by atoms with Crippen molar-refractivity contribution in [1.82, 2.24) is 5.43 Å². The predicted molar refractivity (Wildman–Crippen MR) is 91.6 cm³/mol. The number of phenolic OH excluding ortho intramolecular Hbond substituents is 1. The van der Waals surface area contributed by atoms with E-state index in [0.29, 0.717) is 25.8 Å². The average molecular weight is 428 g/mol. The van der Waals surface area contributed by atoms with E-state index in [-0.39, 0.29) is 11.7 Å². The van der Waals surface area contributed by atoms with Crippen LogP contribution >= 0.6 is 31.9 Å². The van der Waals surface area contributed by atoms with E-state index in [1.807, 2.05) is 6.07 Å². The minimum Gasteiger partial charge on any atom is -0.503 e. The maximum absolute atomic E-state index is 12.0. The zero-order chi connectivity index (χ0) is 16.1. The van der Waals surface area contributed by atoms with Gasteiger partial charge in [-0.05, 0) is 61.7 Å². The van der Waals surface area contributed by atoms with Gasteiger partial charge in [-0.3, -0.25) is 4.79 Å². The molecule has 0 atom stereocenters. The van der Waals surface area contributed by atoms with Crippen LogP contribution in [0, 0.1) is 0 Å². The summed E-state index contributed by atoms with van der Waals surface area (Å²) in [4.78, 5) is 12.0. The number of hydrogen-bond acceptors (Lipinski definition) is 4. The van der Waals surface area contributed by atoms with Crippen LogP contribution in [0.15, 0.2) is 50.4 Å². The van der Waals surface area contributed by atoms with E-state index >= 15 is 0 Å². The number of nitrogens with one attached hydrogen (secondary N) is 1. The second kappa shape index (κ2) is 7.42. The summed E-state index contributed by atoms with van der Waals surface area (Å²) in [6.45, 7) is 0. The molecule has 0 saturated heterocycles. The van der Waals surface area contributed by atoms with E-state index < -0.39 is 0 Å². The minimum atomic E-state index is -0.325. The molecule has 0 heterocycles. The first kappa shape index (κ1) is 16.5. The molecule has 2 aromatic rings. The van der Waals surface area contributed by atoms with Crippen LogP contribution in [-0.4, -0.2) is 24.3 Å². The van der Waals surface area contributed by atoms with E-state index in [1.54, 1.807) is 30.3 Å². The van der Waals surface area contributed by atoms with Crippen molar-refractivity contribution in [2.45, 2.75) is 0 Å². The van der Waals surface area contributed by atoms with Crippen LogP contribution in [0.2, 0.25) is 0 Å². The number of carbonyl (C=O) groups is 1. The van der Waals surface area contributed by atoms with Gasteiger partial charge in [0.25, 0.3) is 5.91 Å². The topological polar surface area (TPSA) is 70.9 Å². The molecule has 0 bridgehead atoms. The molecule has 114 valence electrons. The van der Waals surface area contributed by atoms with Crippen molar-refractivity contribution in [3.8, 4) is 11.5 Å². The van der Waals surface area contributed by atoms with Crippen molar-refractivity contribution < 1.29 is 14.6 Å². The summed E-state index contributed by atoms with van der Waals surface area (Å²) in [5.41, 5.74) is 3.59. The summed E-state index contributed by atoms with van der Waals surface area (Å²) in [6.07, 6.45) is 1.46. The maximum Gasteiger partial charge on any atom is 0.272 e. The lowest BCUT2D eigenvalue weighted by Crippen LogP contribution is -2.18. The number of hydrazone groups is 1. The average Bonchev–Trinajstić information content (AvgIpc) is 2.50. The lowest BCUT2D eigenvalue weighted by molar-refractivity contribution is 0.0954. The normalized spacial score (nSPS) is 10.7. The van der Waals surface area contributed by atoms with E-state index in [0.717, 1.165) is 0 Å². The third-order valence-electron chi connectivity index (χ3n) is 2.77. The standard InChI is InChI=1S/C15H12Br2N2O3/c1-22-13-7-9(6-12(17)14(13)20)8-18-19-15(21)10-4-2-3-5-11(10)16/h2-8,20H,1H3,(H,19,21)/b18-8+. The zero-order valence-electron chi connectivity index (χ0n) is 11.5. The third-order valence-corrected chi connectivity index (χ3v) is 4.06. The number of halogens is 2. The molecule has 0 aliphatic heterocycles. The number of amides is 1. The van der Waals surface area contributed by atoms with Crippen LogP contribution in [0.25, 0.3) is 0 Å². The Morgan fingerprint density at radius 3 is 2.68 bits per heavy atom. The molecule has 5 nitrogen and oxygen atoms in total. The van der Waals surface area contributed by atoms with Gasteiger partial charge in [0.05, 0.1) is 23.4 Å². The van der Waals surface area contributed by atoms with Gasteiger partial charge >= 0.3 is 0 Å². The van der Waals surface area contributed by atoms with Gasteiger partial charge in [0.15, 0.2) is 11.5 Å². The summed E-state index contributed by atoms with van der Waals surface area (Å²) in [5.74, 6) is -0.00149. The fourth-order valence-corrected chi connectivity index (χ4v) is 2.62. The highest BCUT2D eigenvalue weighted by atomic mass is 79.9. The minimum absolute atomic E-state index is 0.0110. The van der Waals surface area contributed by atoms with Crippen molar-refractivity contribution in [3.63, 3.8) is 0 Å². The van der Waals surface area contributed by atoms with E-state index in [4.69, 9.17) is 4.74 Å². The third kappa shape index (κ3) is 3.86. The molecule has 0 unspecified atom stereocenters. The van der Waals surface area contributed by atoms with Crippen molar-refractivity contribution in [1.29, 1.82) is 0 Å². The first-order valence-electron chi connectivity index (χ1n) is 6.17. The molecule has 0 aliphatic carbocycles. The van der Waals surface area contributed by atoms with Gasteiger partial charge in [-0.25, -0.2) is 5.43 Å². The van der Waals surface area contributed by atoms with Crippen molar-refractivity contribution in [2.75, 3.05) is 7.11 Å². The van der Waals surface area contributed by atoms with Gasteiger partial charge in [0, 0.05) is 4.47 Å². The molecule has 22 heavy (non-hydrogen) atoms. The number of methoxy groups -OCH3 is 1. The van der Waals surface area contributed by atoms with Crippen LogP contribution in [0.1, 0.15) is 15.9 Å². The number of ether oxygens (including phenoxy) is 1. The molecular formula is C15H12Br2N2O3. The van der Waals surface area contributed by atoms with Crippen LogP contribution < -0.4 is 10.2 Å². The van der Waals surface area contributed by atoms with Gasteiger partial charge in [-0.2, -0.15) is 5.10 Å². The van der Waals surface area contributed by atoms with E-state index in [2.05, 4.69) is 42.4 Å². The Morgan fingerprint density at radius 2 is 2.00 bits per heavy atom. The van der Waals surface area contributed by atoms with Gasteiger partial charge in [0.2, 0.25) is 0 Å². The Hall–Kier alpha value is -1.86. The van der Waals surface area contributed by atoms with E-state index in [9.17, 15) is 9.90 Å². The molecule has 2 aromatic carbocycles. The quantitative estimate of drug-likeness (QED) is 0.577. The first-order chi connectivity index (χ1) is 10.5. The fourth-order valence-electron chi connectivity index (χ4n) is 1.69. The van der Waals surface area contributed by atoms with Gasteiger partial charge < -0.3 is 9.84 Å². The molecule has 0 aromatic heterocycles. The summed E-state index contributed by atoms with van der Waals surface area (Å²) in [7, 11) is 1.46. The van der Waals surface area contributed by atoms with E-state index in [1.165, 1.54) is 13.3 Å². The van der Waals surface area contributed by atoms with Crippen LogP contribution in [0.5, 0.6) is 11.5 Å². The fraction of sp³-hybridized carbons (Fsp3) is 0.0667. The molecule has 0 saturated carbocycles. The lowest BCUT2D eigenvalue weighted by Gasteiger charge is -2.06. The number of rotatable bonds is 4. The monoisotopic (exact) mass is 426 g/mol. The zero-order valence-corrected chi connectivity index (χ0v) is 14.7. The largest absolute Gasteiger partial charge is 0.503 e. The van der Waals surface area contributed by atoms with Crippen LogP contribution in [-0.2, 0) is 0 Å². The number of carbonyl (C=O) groups excluding carboxylic acids is 1. The molecule has 0 spiro atoms. The molecule has 2 rings (SSSR count). The molecule has 1 amide bonds. The highest BCUT2D eigenvalue weighted by Crippen LogP contribution is 2.34. The van der Waals surface area contributed by atoms with Gasteiger partial charge in [-0.1, -0.05) is 12.1 Å². The lowest BCUT2D eigenvalue weighted by atomic mass is 10.2. The number of nitrogens with zero attached hydrogens (tertiary/aromatic N) is 1. The molecular weight excluding hydrogens is 416 g/mol. The second-order valence-corrected chi connectivity index (χ2v) is 5.94. The summed E-state index contributed by atoms with van der Waals surface area (Å²) < 4.78 is 6.21. The van der Waals surface area contributed by atoms with Gasteiger partial charge in [-0.15, -0.1) is 0 Å². The summed E-state index contributed by atoms with van der Waals surface area (Å²) >= 11 is 6.53. The first-order valence-corrected chi connectivity index (χ1v) is 7.76.